The molecule has 0 spiro atoms. The van der Waals surface area contributed by atoms with Crippen molar-refractivity contribution in [2.75, 3.05) is 39.6 Å². The Hall–Kier alpha value is -1.94. The van der Waals surface area contributed by atoms with Gasteiger partial charge in [0.15, 0.2) is 12.2 Å². The number of rotatable bonds is 77. The third-order valence-corrected chi connectivity index (χ3v) is 20.6. The summed E-state index contributed by atoms with van der Waals surface area (Å²) in [5.41, 5.74) is 0. The molecule has 582 valence electrons. The van der Waals surface area contributed by atoms with Crippen molar-refractivity contribution < 1.29 is 80.2 Å². The standard InChI is InChI=1S/C79H154O17P2/c1-8-10-11-12-13-14-15-16-17-23-26-29-32-38-46-53-60-76(81)89-66-74(95-78(83)62-55-48-39-33-30-27-24-21-19-18-20-22-25-28-31-37-45-52-59-72(7)9-2)68-93-97(85,86)91-64-73(80)65-92-98(87,88)94-69-75(67-90-77(82)61-54-47-42-41-44-51-58-71(5)6)96-79(84)63-56-49-40-35-34-36-43-50-57-70(3)4/h70-75,80H,8-69H2,1-7H3,(H,85,86)(H,87,88)/t72?,73-,74-,75-/m1/s1. The lowest BCUT2D eigenvalue weighted by Crippen LogP contribution is -2.30. The molecule has 0 bridgehead atoms. The third kappa shape index (κ3) is 71.1. The Kier molecular flexibility index (Phi) is 68.1. The van der Waals surface area contributed by atoms with E-state index in [1.54, 1.807) is 0 Å². The summed E-state index contributed by atoms with van der Waals surface area (Å²) in [6, 6.07) is 0. The number of carbonyl (C=O) groups excluding carboxylic acids is 4. The van der Waals surface area contributed by atoms with Crippen molar-refractivity contribution in [1.82, 2.24) is 0 Å². The molecule has 0 amide bonds. The van der Waals surface area contributed by atoms with Gasteiger partial charge in [-0.25, -0.2) is 9.13 Å². The molecule has 19 heteroatoms. The lowest BCUT2D eigenvalue weighted by atomic mass is 9.99. The van der Waals surface area contributed by atoms with E-state index >= 15 is 0 Å². The highest BCUT2D eigenvalue weighted by molar-refractivity contribution is 7.47. The van der Waals surface area contributed by atoms with E-state index in [0.29, 0.717) is 31.6 Å². The largest absolute Gasteiger partial charge is 0.472 e. The molecular weight excluding hydrogens is 1280 g/mol. The first-order valence-corrected chi connectivity index (χ1v) is 43.9. The van der Waals surface area contributed by atoms with Crippen molar-refractivity contribution in [2.24, 2.45) is 17.8 Å². The van der Waals surface area contributed by atoms with Crippen molar-refractivity contribution in [3.8, 4) is 0 Å². The lowest BCUT2D eigenvalue weighted by Gasteiger charge is -2.21. The molecule has 0 aromatic rings. The van der Waals surface area contributed by atoms with Crippen LogP contribution >= 0.6 is 15.6 Å². The van der Waals surface area contributed by atoms with E-state index in [0.717, 1.165) is 108 Å². The minimum atomic E-state index is -4.96. The van der Waals surface area contributed by atoms with E-state index in [-0.39, 0.29) is 25.7 Å². The minimum absolute atomic E-state index is 0.103. The van der Waals surface area contributed by atoms with Crippen molar-refractivity contribution in [2.45, 2.75) is 426 Å². The van der Waals surface area contributed by atoms with Crippen LogP contribution < -0.4 is 0 Å². The molecule has 17 nitrogen and oxygen atoms in total. The molecule has 0 fully saturated rings. The molecule has 0 aliphatic heterocycles. The van der Waals surface area contributed by atoms with Gasteiger partial charge in [-0.05, 0) is 43.4 Å². The number of aliphatic hydroxyl groups excluding tert-OH is 1. The predicted molar refractivity (Wildman–Crippen MR) is 400 cm³/mol. The van der Waals surface area contributed by atoms with Crippen molar-refractivity contribution in [3.05, 3.63) is 0 Å². The zero-order chi connectivity index (χ0) is 72.3. The number of hydrogen-bond acceptors (Lipinski definition) is 15. The molecular formula is C79H154O17P2. The SMILES string of the molecule is CCCCCCCCCCCCCCCCCCC(=O)OC[C@H](COP(=O)(O)OC[C@@H](O)COP(=O)(O)OC[C@@H](COC(=O)CCCCCCCCC(C)C)OC(=O)CCCCCCCCCCC(C)C)OC(=O)CCCCCCCCCCCCCCCCCCCCC(C)CC. The van der Waals surface area contributed by atoms with Crippen LogP contribution in [0.5, 0.6) is 0 Å². The molecule has 0 rings (SSSR count). The van der Waals surface area contributed by atoms with Gasteiger partial charge in [-0.15, -0.1) is 0 Å². The summed E-state index contributed by atoms with van der Waals surface area (Å²) >= 11 is 0. The number of aliphatic hydroxyl groups is 1. The van der Waals surface area contributed by atoms with Crippen LogP contribution in [-0.4, -0.2) is 96.7 Å². The fourth-order valence-corrected chi connectivity index (χ4v) is 13.7. The molecule has 3 unspecified atom stereocenters. The van der Waals surface area contributed by atoms with Crippen LogP contribution in [0.15, 0.2) is 0 Å². The zero-order valence-corrected chi connectivity index (χ0v) is 66.0. The van der Waals surface area contributed by atoms with Crippen molar-refractivity contribution in [1.29, 1.82) is 0 Å². The van der Waals surface area contributed by atoms with Gasteiger partial charge >= 0.3 is 39.5 Å². The highest BCUT2D eigenvalue weighted by Gasteiger charge is 2.30. The lowest BCUT2D eigenvalue weighted by molar-refractivity contribution is -0.161. The number of ether oxygens (including phenoxy) is 4. The van der Waals surface area contributed by atoms with Crippen molar-refractivity contribution >= 4 is 39.5 Å². The average Bonchev–Trinajstić information content (AvgIpc) is 1.07. The Morgan fingerprint density at radius 2 is 0.520 bits per heavy atom. The van der Waals surface area contributed by atoms with Gasteiger partial charge < -0.3 is 33.8 Å². The fraction of sp³-hybridized carbons (Fsp3) is 0.949. The third-order valence-electron chi connectivity index (χ3n) is 18.7. The van der Waals surface area contributed by atoms with E-state index in [2.05, 4.69) is 48.5 Å². The smallest absolute Gasteiger partial charge is 0.462 e. The van der Waals surface area contributed by atoms with Gasteiger partial charge in [-0.3, -0.25) is 37.3 Å². The maximum Gasteiger partial charge on any atom is 0.472 e. The molecule has 0 saturated carbocycles. The molecule has 6 atom stereocenters. The highest BCUT2D eigenvalue weighted by atomic mass is 31.2. The van der Waals surface area contributed by atoms with Crippen molar-refractivity contribution in [3.63, 3.8) is 0 Å². The molecule has 0 aliphatic carbocycles. The summed E-state index contributed by atoms with van der Waals surface area (Å²) in [5.74, 6) is 0.150. The molecule has 0 aromatic heterocycles. The summed E-state index contributed by atoms with van der Waals surface area (Å²) in [5, 5.41) is 10.6. The molecule has 0 saturated heterocycles. The predicted octanol–water partition coefficient (Wildman–Crippen LogP) is 23.4. The van der Waals surface area contributed by atoms with Crippen LogP contribution in [0.25, 0.3) is 0 Å². The average molecular weight is 1440 g/mol. The number of esters is 4. The molecule has 0 aromatic carbocycles. The Balaban J connectivity index is 5.19. The van der Waals surface area contributed by atoms with Crippen LogP contribution in [0.2, 0.25) is 0 Å². The van der Waals surface area contributed by atoms with Gasteiger partial charge in [0.25, 0.3) is 0 Å². The normalized spacial score (nSPS) is 14.3. The summed E-state index contributed by atoms with van der Waals surface area (Å²) in [6.07, 6.45) is 57.2. The van der Waals surface area contributed by atoms with Crippen LogP contribution in [0.1, 0.15) is 408 Å². The molecule has 3 N–H and O–H groups in total. The van der Waals surface area contributed by atoms with Crippen LogP contribution in [-0.2, 0) is 65.4 Å². The monoisotopic (exact) mass is 1440 g/mol. The van der Waals surface area contributed by atoms with Gasteiger partial charge in [0.05, 0.1) is 26.4 Å². The Morgan fingerprint density at radius 3 is 0.776 bits per heavy atom. The van der Waals surface area contributed by atoms with Crippen LogP contribution in [0.4, 0.5) is 0 Å². The summed E-state index contributed by atoms with van der Waals surface area (Å²) in [7, 11) is -9.91. The number of unbranched alkanes of at least 4 members (excludes halogenated alkanes) is 44. The first-order valence-electron chi connectivity index (χ1n) is 40.9. The van der Waals surface area contributed by atoms with E-state index < -0.39 is 97.5 Å². The summed E-state index contributed by atoms with van der Waals surface area (Å²) < 4.78 is 68.5. The van der Waals surface area contributed by atoms with Crippen LogP contribution in [0, 0.1) is 17.8 Å². The second-order valence-corrected chi connectivity index (χ2v) is 32.6. The van der Waals surface area contributed by atoms with Gasteiger partial charge in [-0.2, -0.15) is 0 Å². The van der Waals surface area contributed by atoms with E-state index in [9.17, 15) is 43.2 Å². The van der Waals surface area contributed by atoms with E-state index in [1.807, 2.05) is 0 Å². The number of carbonyl (C=O) groups is 4. The zero-order valence-electron chi connectivity index (χ0n) is 64.3. The second kappa shape index (κ2) is 69.4. The first kappa shape index (κ1) is 96.1. The van der Waals surface area contributed by atoms with Gasteiger partial charge in [-0.1, -0.05) is 357 Å². The Morgan fingerprint density at radius 1 is 0.296 bits per heavy atom. The first-order chi connectivity index (χ1) is 47.3. The maximum atomic E-state index is 13.1. The summed E-state index contributed by atoms with van der Waals surface area (Å²) in [4.78, 5) is 72.8. The number of phosphoric acid groups is 2. The molecule has 0 radical (unpaired) electrons. The van der Waals surface area contributed by atoms with Gasteiger partial charge in [0.1, 0.15) is 19.3 Å². The quantitative estimate of drug-likeness (QED) is 0.0222. The summed E-state index contributed by atoms with van der Waals surface area (Å²) in [6.45, 7) is 11.9. The van der Waals surface area contributed by atoms with Crippen LogP contribution in [0.3, 0.4) is 0 Å². The fourth-order valence-electron chi connectivity index (χ4n) is 12.1. The second-order valence-electron chi connectivity index (χ2n) is 29.6. The van der Waals surface area contributed by atoms with Gasteiger partial charge in [0, 0.05) is 25.7 Å². The van der Waals surface area contributed by atoms with E-state index in [1.165, 1.54) is 212 Å². The Bertz CT molecular complexity index is 1910. The maximum absolute atomic E-state index is 13.1. The molecule has 98 heavy (non-hydrogen) atoms. The molecule has 0 aliphatic rings. The topological polar surface area (TPSA) is 237 Å². The number of phosphoric ester groups is 2. The Labute approximate surface area is 600 Å². The minimum Gasteiger partial charge on any atom is -0.462 e. The highest BCUT2D eigenvalue weighted by Crippen LogP contribution is 2.45. The molecule has 0 heterocycles. The van der Waals surface area contributed by atoms with E-state index in [4.69, 9.17) is 37.0 Å². The number of hydrogen-bond donors (Lipinski definition) is 3. The van der Waals surface area contributed by atoms with Gasteiger partial charge in [0.2, 0.25) is 0 Å².